The summed E-state index contributed by atoms with van der Waals surface area (Å²) in [6, 6.07) is 8.45. The number of rotatable bonds is 5. The van der Waals surface area contributed by atoms with Crippen molar-refractivity contribution >= 4 is 5.78 Å². The van der Waals surface area contributed by atoms with Gasteiger partial charge in [-0.05, 0) is 38.6 Å². The fourth-order valence-electron chi connectivity index (χ4n) is 1.57. The van der Waals surface area contributed by atoms with Crippen LogP contribution < -0.4 is 0 Å². The number of carbonyl (C=O) groups excluding carboxylic acids is 1. The van der Waals surface area contributed by atoms with Gasteiger partial charge in [0.05, 0.1) is 0 Å². The smallest absolute Gasteiger partial charge is 0.130 e. The molecule has 0 atom stereocenters. The molecule has 0 amide bonds. The van der Waals surface area contributed by atoms with E-state index < -0.39 is 0 Å². The van der Waals surface area contributed by atoms with E-state index in [0.29, 0.717) is 6.42 Å². The average molecular weight is 205 g/mol. The fourth-order valence-corrected chi connectivity index (χ4v) is 1.57. The highest BCUT2D eigenvalue weighted by atomic mass is 16.1. The molecule has 1 aromatic carbocycles. The first-order chi connectivity index (χ1) is 7.08. The van der Waals surface area contributed by atoms with E-state index in [-0.39, 0.29) is 5.78 Å². The fraction of sp³-hybridized carbons (Fsp3) is 0.462. The topological polar surface area (TPSA) is 20.3 Å². The van der Waals surface area contributed by atoms with Crippen molar-refractivity contribution in [3.63, 3.8) is 0 Å². The standard InChI is InChI=1S/C13H19NO/c1-11(15)7-8-12-5-4-6-13(9-12)10-14(2)3/h4-6,9H,7-8,10H2,1-3H3. The molecule has 0 aromatic heterocycles. The summed E-state index contributed by atoms with van der Waals surface area (Å²) in [4.78, 5) is 13.0. The molecule has 0 fully saturated rings. The van der Waals surface area contributed by atoms with Gasteiger partial charge in [0.25, 0.3) is 0 Å². The number of hydrogen-bond donors (Lipinski definition) is 0. The Labute approximate surface area is 91.9 Å². The van der Waals surface area contributed by atoms with Crippen molar-refractivity contribution in [1.82, 2.24) is 4.90 Å². The lowest BCUT2D eigenvalue weighted by atomic mass is 10.1. The average Bonchev–Trinajstić information content (AvgIpc) is 2.14. The van der Waals surface area contributed by atoms with Crippen LogP contribution in [-0.2, 0) is 17.8 Å². The maximum atomic E-state index is 10.9. The minimum Gasteiger partial charge on any atom is -0.305 e. The van der Waals surface area contributed by atoms with E-state index >= 15 is 0 Å². The molecule has 0 bridgehead atoms. The summed E-state index contributed by atoms with van der Waals surface area (Å²) in [5.41, 5.74) is 2.56. The summed E-state index contributed by atoms with van der Waals surface area (Å²) in [6.07, 6.45) is 1.50. The van der Waals surface area contributed by atoms with E-state index in [4.69, 9.17) is 0 Å². The van der Waals surface area contributed by atoms with Gasteiger partial charge in [-0.2, -0.15) is 0 Å². The maximum Gasteiger partial charge on any atom is 0.130 e. The van der Waals surface area contributed by atoms with Crippen LogP contribution in [0, 0.1) is 0 Å². The predicted molar refractivity (Wildman–Crippen MR) is 62.8 cm³/mol. The first-order valence-corrected chi connectivity index (χ1v) is 5.30. The second kappa shape index (κ2) is 5.66. The second-order valence-electron chi connectivity index (χ2n) is 4.26. The van der Waals surface area contributed by atoms with Crippen LogP contribution >= 0.6 is 0 Å². The highest BCUT2D eigenvalue weighted by molar-refractivity contribution is 5.75. The summed E-state index contributed by atoms with van der Waals surface area (Å²) in [5, 5.41) is 0. The summed E-state index contributed by atoms with van der Waals surface area (Å²) in [5.74, 6) is 0.257. The predicted octanol–water partition coefficient (Wildman–Crippen LogP) is 2.27. The number of nitrogens with zero attached hydrogens (tertiary/aromatic N) is 1. The van der Waals surface area contributed by atoms with Gasteiger partial charge in [0.1, 0.15) is 5.78 Å². The third kappa shape index (κ3) is 4.75. The van der Waals surface area contributed by atoms with Crippen LogP contribution in [-0.4, -0.2) is 24.8 Å². The molecular weight excluding hydrogens is 186 g/mol. The normalized spacial score (nSPS) is 10.7. The summed E-state index contributed by atoms with van der Waals surface area (Å²) in [6.45, 7) is 2.59. The van der Waals surface area contributed by atoms with Crippen molar-refractivity contribution in [3.05, 3.63) is 35.4 Å². The Kier molecular flexibility index (Phi) is 4.50. The quantitative estimate of drug-likeness (QED) is 0.735. The third-order valence-electron chi connectivity index (χ3n) is 2.26. The van der Waals surface area contributed by atoms with E-state index in [1.807, 2.05) is 0 Å². The van der Waals surface area contributed by atoms with Gasteiger partial charge in [-0.25, -0.2) is 0 Å². The largest absolute Gasteiger partial charge is 0.305 e. The highest BCUT2D eigenvalue weighted by Gasteiger charge is 1.99. The van der Waals surface area contributed by atoms with Gasteiger partial charge in [-0.15, -0.1) is 0 Å². The number of hydrogen-bond acceptors (Lipinski definition) is 2. The number of Topliss-reactive ketones (excluding diaryl/α,β-unsaturated/α-hetero) is 1. The third-order valence-corrected chi connectivity index (χ3v) is 2.26. The van der Waals surface area contributed by atoms with Crippen LogP contribution in [0.5, 0.6) is 0 Å². The summed E-state index contributed by atoms with van der Waals surface area (Å²) >= 11 is 0. The van der Waals surface area contributed by atoms with Crippen LogP contribution in [0.1, 0.15) is 24.5 Å². The van der Waals surface area contributed by atoms with Gasteiger partial charge < -0.3 is 9.69 Å². The van der Waals surface area contributed by atoms with Crippen LogP contribution in [0.15, 0.2) is 24.3 Å². The number of aryl methyl sites for hydroxylation is 1. The molecule has 0 unspecified atom stereocenters. The number of ketones is 1. The van der Waals surface area contributed by atoms with Crippen molar-refractivity contribution in [2.75, 3.05) is 14.1 Å². The summed E-state index contributed by atoms with van der Waals surface area (Å²) in [7, 11) is 4.12. The van der Waals surface area contributed by atoms with Crippen molar-refractivity contribution < 1.29 is 4.79 Å². The van der Waals surface area contributed by atoms with E-state index in [0.717, 1.165) is 13.0 Å². The zero-order chi connectivity index (χ0) is 11.3. The van der Waals surface area contributed by atoms with Crippen LogP contribution in [0.3, 0.4) is 0 Å². The molecule has 15 heavy (non-hydrogen) atoms. The van der Waals surface area contributed by atoms with Gasteiger partial charge in [-0.3, -0.25) is 0 Å². The molecule has 0 saturated heterocycles. The molecule has 2 heteroatoms. The number of carbonyl (C=O) groups is 1. The van der Waals surface area contributed by atoms with Gasteiger partial charge in [-0.1, -0.05) is 24.3 Å². The molecule has 0 N–H and O–H groups in total. The molecule has 0 saturated carbocycles. The van der Waals surface area contributed by atoms with Gasteiger partial charge >= 0.3 is 0 Å². The Bertz CT molecular complexity index is 331. The lowest BCUT2D eigenvalue weighted by molar-refractivity contribution is -0.116. The molecular formula is C13H19NO. The van der Waals surface area contributed by atoms with Crippen LogP contribution in [0.4, 0.5) is 0 Å². The first-order valence-electron chi connectivity index (χ1n) is 5.30. The van der Waals surface area contributed by atoms with Gasteiger partial charge in [0.2, 0.25) is 0 Å². The monoisotopic (exact) mass is 205 g/mol. The minimum atomic E-state index is 0.257. The molecule has 1 aromatic rings. The molecule has 0 aliphatic carbocycles. The maximum absolute atomic E-state index is 10.9. The van der Waals surface area contributed by atoms with Crippen molar-refractivity contribution in [3.8, 4) is 0 Å². The Balaban J connectivity index is 2.61. The van der Waals surface area contributed by atoms with Crippen molar-refractivity contribution in [2.45, 2.75) is 26.3 Å². The van der Waals surface area contributed by atoms with Crippen LogP contribution in [0.2, 0.25) is 0 Å². The molecule has 0 radical (unpaired) electrons. The zero-order valence-electron chi connectivity index (χ0n) is 9.79. The van der Waals surface area contributed by atoms with Crippen molar-refractivity contribution in [1.29, 1.82) is 0 Å². The molecule has 82 valence electrons. The Morgan fingerprint density at radius 3 is 2.53 bits per heavy atom. The zero-order valence-corrected chi connectivity index (χ0v) is 9.79. The first kappa shape index (κ1) is 11.9. The molecule has 0 spiro atoms. The molecule has 2 nitrogen and oxygen atoms in total. The number of benzene rings is 1. The SMILES string of the molecule is CC(=O)CCc1cccc(CN(C)C)c1. The Morgan fingerprint density at radius 1 is 1.27 bits per heavy atom. The van der Waals surface area contributed by atoms with E-state index in [2.05, 4.69) is 43.3 Å². The molecule has 0 heterocycles. The van der Waals surface area contributed by atoms with Crippen LogP contribution in [0.25, 0.3) is 0 Å². The van der Waals surface area contributed by atoms with Gasteiger partial charge in [0.15, 0.2) is 0 Å². The Morgan fingerprint density at radius 2 is 1.93 bits per heavy atom. The van der Waals surface area contributed by atoms with Crippen molar-refractivity contribution in [2.24, 2.45) is 0 Å². The molecule has 0 aliphatic heterocycles. The second-order valence-corrected chi connectivity index (χ2v) is 4.26. The highest BCUT2D eigenvalue weighted by Crippen LogP contribution is 2.09. The van der Waals surface area contributed by atoms with Gasteiger partial charge in [0, 0.05) is 13.0 Å². The van der Waals surface area contributed by atoms with E-state index in [1.54, 1.807) is 6.92 Å². The Hall–Kier alpha value is -1.15. The van der Waals surface area contributed by atoms with E-state index in [9.17, 15) is 4.79 Å². The summed E-state index contributed by atoms with van der Waals surface area (Å²) < 4.78 is 0. The lowest BCUT2D eigenvalue weighted by Crippen LogP contribution is -2.10. The molecule has 0 aliphatic rings. The molecule has 1 rings (SSSR count). The minimum absolute atomic E-state index is 0.257. The lowest BCUT2D eigenvalue weighted by Gasteiger charge is -2.10. The van der Waals surface area contributed by atoms with E-state index in [1.165, 1.54) is 11.1 Å².